The maximum absolute atomic E-state index is 5.79. The first kappa shape index (κ1) is 11.0. The molecule has 0 amide bonds. The van der Waals surface area contributed by atoms with Gasteiger partial charge in [0.15, 0.2) is 0 Å². The molecule has 0 aliphatic carbocycles. The van der Waals surface area contributed by atoms with Crippen LogP contribution in [-0.4, -0.2) is 9.97 Å². The highest BCUT2D eigenvalue weighted by atomic mass is 35.5. The van der Waals surface area contributed by atoms with Crippen LogP contribution < -0.4 is 5.32 Å². The van der Waals surface area contributed by atoms with Gasteiger partial charge in [0, 0.05) is 16.9 Å². The number of nitrogens with zero attached hydrogens (tertiary/aromatic N) is 1. The maximum atomic E-state index is 5.79. The van der Waals surface area contributed by atoms with Gasteiger partial charge in [-0.25, -0.2) is 0 Å². The summed E-state index contributed by atoms with van der Waals surface area (Å²) in [6.45, 7) is 0. The highest BCUT2D eigenvalue weighted by molar-refractivity contribution is 7.81. The van der Waals surface area contributed by atoms with Crippen LogP contribution in [-0.2, 0) is 0 Å². The minimum absolute atomic E-state index is 0.600. The van der Waals surface area contributed by atoms with Crippen molar-refractivity contribution in [3.05, 3.63) is 59.4 Å². The van der Waals surface area contributed by atoms with Crippen molar-refractivity contribution in [1.82, 2.24) is 4.98 Å². The first-order valence-electron chi connectivity index (χ1n) is 4.73. The fourth-order valence-electron chi connectivity index (χ4n) is 1.23. The summed E-state index contributed by atoms with van der Waals surface area (Å²) < 4.78 is 0. The van der Waals surface area contributed by atoms with Gasteiger partial charge in [0.1, 0.15) is 4.99 Å². The lowest BCUT2D eigenvalue weighted by Gasteiger charge is -2.06. The van der Waals surface area contributed by atoms with Crippen LogP contribution in [0, 0.1) is 0 Å². The largest absolute Gasteiger partial charge is 0.345 e. The molecule has 1 aromatic heterocycles. The molecule has 2 rings (SSSR count). The third-order valence-corrected chi connectivity index (χ3v) is 2.56. The van der Waals surface area contributed by atoms with Gasteiger partial charge in [-0.2, -0.15) is 0 Å². The van der Waals surface area contributed by atoms with E-state index in [1.165, 1.54) is 0 Å². The summed E-state index contributed by atoms with van der Waals surface area (Å²) in [5.41, 5.74) is 1.66. The molecule has 1 N–H and O–H groups in total. The number of anilines is 1. The number of rotatable bonds is 2. The van der Waals surface area contributed by atoms with Crippen molar-refractivity contribution < 1.29 is 0 Å². The molecule has 4 heteroatoms. The van der Waals surface area contributed by atoms with Crippen molar-refractivity contribution in [2.24, 2.45) is 0 Å². The van der Waals surface area contributed by atoms with Crippen LogP contribution in [0.2, 0.25) is 5.02 Å². The van der Waals surface area contributed by atoms with Crippen LogP contribution in [0.3, 0.4) is 0 Å². The van der Waals surface area contributed by atoms with Gasteiger partial charge in [-0.15, -0.1) is 0 Å². The number of thiocarbonyl (C=S) groups is 1. The van der Waals surface area contributed by atoms with Crippen molar-refractivity contribution in [1.29, 1.82) is 0 Å². The molecular weight excluding hydrogens is 240 g/mol. The molecule has 0 aliphatic rings. The minimum Gasteiger partial charge on any atom is -0.345 e. The van der Waals surface area contributed by atoms with Crippen LogP contribution in [0.25, 0.3) is 0 Å². The first-order chi connectivity index (χ1) is 7.75. The molecule has 0 saturated carbocycles. The lowest BCUT2D eigenvalue weighted by atomic mass is 10.3. The highest BCUT2D eigenvalue weighted by Crippen LogP contribution is 2.14. The quantitative estimate of drug-likeness (QED) is 0.824. The number of halogens is 1. The summed E-state index contributed by atoms with van der Waals surface area (Å²) in [6, 6.07) is 13.0. The smallest absolute Gasteiger partial charge is 0.129 e. The molecule has 0 fully saturated rings. The van der Waals surface area contributed by atoms with Gasteiger partial charge >= 0.3 is 0 Å². The Hall–Kier alpha value is -1.45. The topological polar surface area (TPSA) is 24.9 Å². The second-order valence-corrected chi connectivity index (χ2v) is 4.02. The third kappa shape index (κ3) is 2.78. The van der Waals surface area contributed by atoms with Gasteiger partial charge in [0.2, 0.25) is 0 Å². The van der Waals surface area contributed by atoms with Gasteiger partial charge in [0.25, 0.3) is 0 Å². The van der Waals surface area contributed by atoms with Gasteiger partial charge in [0.05, 0.1) is 5.69 Å². The third-order valence-electron chi connectivity index (χ3n) is 2.00. The predicted molar refractivity (Wildman–Crippen MR) is 71.0 cm³/mol. The average Bonchev–Trinajstić information content (AvgIpc) is 2.33. The molecule has 2 nitrogen and oxygen atoms in total. The van der Waals surface area contributed by atoms with Crippen molar-refractivity contribution in [3.63, 3.8) is 0 Å². The molecular formula is C12H9ClN2S. The molecule has 16 heavy (non-hydrogen) atoms. The van der Waals surface area contributed by atoms with Crippen molar-refractivity contribution in [3.8, 4) is 0 Å². The van der Waals surface area contributed by atoms with Gasteiger partial charge in [-0.3, -0.25) is 4.98 Å². The van der Waals surface area contributed by atoms with E-state index in [1.807, 2.05) is 42.5 Å². The highest BCUT2D eigenvalue weighted by Gasteiger charge is 2.01. The van der Waals surface area contributed by atoms with Crippen molar-refractivity contribution in [2.45, 2.75) is 0 Å². The maximum Gasteiger partial charge on any atom is 0.129 e. The zero-order valence-corrected chi connectivity index (χ0v) is 9.92. The fourth-order valence-corrected chi connectivity index (χ4v) is 1.59. The SMILES string of the molecule is S=C(Nc1ccc(Cl)cc1)c1ccccn1. The summed E-state index contributed by atoms with van der Waals surface area (Å²) in [5.74, 6) is 0. The standard InChI is InChI=1S/C12H9ClN2S/c13-9-4-6-10(7-5-9)15-12(16)11-3-1-2-8-14-11/h1-8H,(H,15,16). The molecule has 80 valence electrons. The summed E-state index contributed by atoms with van der Waals surface area (Å²) in [4.78, 5) is 4.76. The molecule has 0 radical (unpaired) electrons. The second kappa shape index (κ2) is 5.05. The van der Waals surface area contributed by atoms with E-state index in [-0.39, 0.29) is 0 Å². The van der Waals surface area contributed by atoms with Gasteiger partial charge < -0.3 is 5.32 Å². The monoisotopic (exact) mass is 248 g/mol. The van der Waals surface area contributed by atoms with E-state index >= 15 is 0 Å². The number of pyridine rings is 1. The van der Waals surface area contributed by atoms with Crippen LogP contribution in [0.4, 0.5) is 5.69 Å². The molecule has 0 saturated heterocycles. The Labute approximate surface area is 104 Å². The molecule has 0 bridgehead atoms. The number of benzene rings is 1. The Morgan fingerprint density at radius 1 is 1.12 bits per heavy atom. The molecule has 0 spiro atoms. The van der Waals surface area contributed by atoms with Crippen LogP contribution in [0.5, 0.6) is 0 Å². The van der Waals surface area contributed by atoms with Crippen LogP contribution in [0.1, 0.15) is 5.69 Å². The minimum atomic E-state index is 0.600. The number of aromatic nitrogens is 1. The van der Waals surface area contributed by atoms with E-state index in [9.17, 15) is 0 Å². The van der Waals surface area contributed by atoms with Gasteiger partial charge in [-0.05, 0) is 36.4 Å². The average molecular weight is 249 g/mol. The lowest BCUT2D eigenvalue weighted by Crippen LogP contribution is -2.11. The Balaban J connectivity index is 2.11. The molecule has 1 heterocycles. The zero-order valence-electron chi connectivity index (χ0n) is 8.35. The van der Waals surface area contributed by atoms with Gasteiger partial charge in [-0.1, -0.05) is 29.9 Å². The van der Waals surface area contributed by atoms with Crippen molar-refractivity contribution in [2.75, 3.05) is 5.32 Å². The summed E-state index contributed by atoms with van der Waals surface area (Å²) >= 11 is 11.0. The Kier molecular flexibility index (Phi) is 3.49. The molecule has 0 unspecified atom stereocenters. The van der Waals surface area contributed by atoms with Crippen LogP contribution >= 0.6 is 23.8 Å². The van der Waals surface area contributed by atoms with E-state index in [4.69, 9.17) is 23.8 Å². The Bertz CT molecular complexity index is 482. The number of hydrogen-bond donors (Lipinski definition) is 1. The number of hydrogen-bond acceptors (Lipinski definition) is 2. The Morgan fingerprint density at radius 3 is 2.50 bits per heavy atom. The van der Waals surface area contributed by atoms with Crippen molar-refractivity contribution >= 4 is 34.5 Å². The molecule has 2 aromatic rings. The second-order valence-electron chi connectivity index (χ2n) is 3.18. The lowest BCUT2D eigenvalue weighted by molar-refractivity contribution is 1.30. The van der Waals surface area contributed by atoms with E-state index in [2.05, 4.69) is 10.3 Å². The van der Waals surface area contributed by atoms with E-state index in [0.717, 1.165) is 11.4 Å². The zero-order chi connectivity index (χ0) is 11.4. The molecule has 0 atom stereocenters. The van der Waals surface area contributed by atoms with E-state index < -0.39 is 0 Å². The summed E-state index contributed by atoms with van der Waals surface area (Å²) in [6.07, 6.45) is 1.71. The normalized spacial score (nSPS) is 9.81. The van der Waals surface area contributed by atoms with E-state index in [0.29, 0.717) is 10.0 Å². The number of nitrogens with one attached hydrogen (secondary N) is 1. The molecule has 1 aromatic carbocycles. The first-order valence-corrected chi connectivity index (χ1v) is 5.52. The summed E-state index contributed by atoms with van der Waals surface area (Å²) in [5, 5.41) is 3.80. The molecule has 0 aliphatic heterocycles. The summed E-state index contributed by atoms with van der Waals surface area (Å²) in [7, 11) is 0. The van der Waals surface area contributed by atoms with E-state index in [1.54, 1.807) is 6.20 Å². The van der Waals surface area contributed by atoms with Crippen LogP contribution in [0.15, 0.2) is 48.7 Å². The predicted octanol–water partition coefficient (Wildman–Crippen LogP) is 3.52. The fraction of sp³-hybridized carbons (Fsp3) is 0. The Morgan fingerprint density at radius 2 is 1.88 bits per heavy atom.